The van der Waals surface area contributed by atoms with Crippen molar-refractivity contribution < 1.29 is 9.59 Å². The summed E-state index contributed by atoms with van der Waals surface area (Å²) in [4.78, 5) is 27.1. The van der Waals surface area contributed by atoms with E-state index in [0.29, 0.717) is 6.42 Å². The number of amides is 2. The number of benzene rings is 1. The fraction of sp³-hybridized carbons (Fsp3) is 0.579. The first-order valence-corrected chi connectivity index (χ1v) is 9.05. The van der Waals surface area contributed by atoms with E-state index in [4.69, 9.17) is 5.73 Å². The van der Waals surface area contributed by atoms with Crippen LogP contribution in [-0.4, -0.2) is 37.0 Å². The lowest BCUT2D eigenvalue weighted by atomic mass is 9.95. The van der Waals surface area contributed by atoms with Crippen LogP contribution in [0.3, 0.4) is 0 Å². The number of carbonyl (C=O) groups excluding carboxylic acids is 2. The first-order valence-electron chi connectivity index (χ1n) is 9.05. The van der Waals surface area contributed by atoms with Crippen molar-refractivity contribution in [3.63, 3.8) is 0 Å². The summed E-state index contributed by atoms with van der Waals surface area (Å²) in [5, 5.41) is 6.34. The number of hydrogen-bond acceptors (Lipinski definition) is 4. The Morgan fingerprint density at radius 2 is 2.04 bits per heavy atom. The predicted molar refractivity (Wildman–Crippen MR) is 102 cm³/mol. The molecule has 0 radical (unpaired) electrons. The Morgan fingerprint density at radius 3 is 2.68 bits per heavy atom. The smallest absolute Gasteiger partial charge is 0.251 e. The van der Waals surface area contributed by atoms with E-state index in [0.717, 1.165) is 24.2 Å². The van der Waals surface area contributed by atoms with Gasteiger partial charge in [-0.2, -0.15) is 0 Å². The molecule has 6 heteroatoms. The molecule has 138 valence electrons. The average Bonchev–Trinajstić information content (AvgIpc) is 2.70. The molecule has 1 aromatic carbocycles. The van der Waals surface area contributed by atoms with Gasteiger partial charge in [0.25, 0.3) is 5.91 Å². The van der Waals surface area contributed by atoms with Gasteiger partial charge in [0, 0.05) is 7.05 Å². The third-order valence-corrected chi connectivity index (χ3v) is 4.76. The van der Waals surface area contributed by atoms with Crippen LogP contribution in [0.5, 0.6) is 0 Å². The van der Waals surface area contributed by atoms with Gasteiger partial charge in [0.1, 0.15) is 6.04 Å². The fourth-order valence-electron chi connectivity index (χ4n) is 3.15. The maximum absolute atomic E-state index is 13.0. The molecule has 0 aliphatic carbocycles. The third kappa shape index (κ3) is 4.31. The Balaban J connectivity index is 2.26. The van der Waals surface area contributed by atoms with E-state index in [1.165, 1.54) is 0 Å². The van der Waals surface area contributed by atoms with Crippen LogP contribution >= 0.6 is 0 Å². The summed E-state index contributed by atoms with van der Waals surface area (Å²) in [5.74, 6) is -0.244. The molecular formula is C19H30N4O2. The summed E-state index contributed by atoms with van der Waals surface area (Å²) >= 11 is 0. The molecule has 3 atom stereocenters. The van der Waals surface area contributed by atoms with Crippen LogP contribution < -0.4 is 21.3 Å². The molecule has 0 bridgehead atoms. The first-order chi connectivity index (χ1) is 11.9. The zero-order chi connectivity index (χ0) is 18.6. The van der Waals surface area contributed by atoms with Crippen LogP contribution in [0, 0.1) is 5.92 Å². The minimum atomic E-state index is -0.655. The van der Waals surface area contributed by atoms with Gasteiger partial charge in [-0.05, 0) is 24.5 Å². The molecule has 1 aromatic rings. The normalized spacial score (nSPS) is 21.4. The van der Waals surface area contributed by atoms with Crippen molar-refractivity contribution in [1.82, 2.24) is 5.32 Å². The van der Waals surface area contributed by atoms with Gasteiger partial charge in [-0.15, -0.1) is 0 Å². The highest BCUT2D eigenvalue weighted by Crippen LogP contribution is 2.31. The van der Waals surface area contributed by atoms with E-state index in [1.807, 2.05) is 38.1 Å². The molecule has 4 N–H and O–H groups in total. The van der Waals surface area contributed by atoms with Gasteiger partial charge in [-0.3, -0.25) is 9.59 Å². The van der Waals surface area contributed by atoms with Crippen molar-refractivity contribution in [3.05, 3.63) is 24.3 Å². The number of hydrogen-bond donors (Lipinski definition) is 3. The van der Waals surface area contributed by atoms with E-state index in [2.05, 4.69) is 17.6 Å². The van der Waals surface area contributed by atoms with Crippen LogP contribution in [0.1, 0.15) is 40.0 Å². The number of rotatable bonds is 6. The van der Waals surface area contributed by atoms with Crippen LogP contribution in [-0.2, 0) is 9.59 Å². The molecule has 0 fully saturated rings. The molecule has 6 nitrogen and oxygen atoms in total. The van der Waals surface area contributed by atoms with Gasteiger partial charge < -0.3 is 21.3 Å². The van der Waals surface area contributed by atoms with Gasteiger partial charge in [-0.25, -0.2) is 0 Å². The van der Waals surface area contributed by atoms with Crippen molar-refractivity contribution in [2.45, 2.75) is 58.2 Å². The van der Waals surface area contributed by atoms with Gasteiger partial charge in [0.2, 0.25) is 5.91 Å². The molecule has 0 aromatic heterocycles. The first kappa shape index (κ1) is 19.2. The quantitative estimate of drug-likeness (QED) is 0.736. The van der Waals surface area contributed by atoms with Crippen LogP contribution in [0.4, 0.5) is 11.4 Å². The van der Waals surface area contributed by atoms with Gasteiger partial charge in [0.15, 0.2) is 0 Å². The zero-order valence-corrected chi connectivity index (χ0v) is 15.6. The molecular weight excluding hydrogens is 316 g/mol. The Kier molecular flexibility index (Phi) is 6.42. The van der Waals surface area contributed by atoms with Crippen LogP contribution in [0.2, 0.25) is 0 Å². The predicted octanol–water partition coefficient (Wildman–Crippen LogP) is 2.10. The Bertz CT molecular complexity index is 617. The topological polar surface area (TPSA) is 87.5 Å². The lowest BCUT2D eigenvalue weighted by Crippen LogP contribution is -2.58. The second-order valence-corrected chi connectivity index (χ2v) is 7.06. The standard InChI is InChI=1S/C19H30N4O2/c1-5-6-9-13(20)18(24)22-17-16(12(2)3)21-14-10-7-8-11-15(14)23(4)19(17)25/h7-8,10-13,16-17,21H,5-6,9,20H2,1-4H3,(H,22,24)/t13-,16?,17?/m0/s1. The summed E-state index contributed by atoms with van der Waals surface area (Å²) in [7, 11) is 1.74. The monoisotopic (exact) mass is 346 g/mol. The van der Waals surface area contributed by atoms with Crippen molar-refractivity contribution >= 4 is 23.2 Å². The van der Waals surface area contributed by atoms with Crippen molar-refractivity contribution in [2.75, 3.05) is 17.3 Å². The highest BCUT2D eigenvalue weighted by molar-refractivity contribution is 6.03. The minimum absolute atomic E-state index is 0.132. The van der Waals surface area contributed by atoms with Crippen molar-refractivity contribution in [1.29, 1.82) is 0 Å². The number of carbonyl (C=O) groups is 2. The van der Waals surface area contributed by atoms with Gasteiger partial charge >= 0.3 is 0 Å². The third-order valence-electron chi connectivity index (χ3n) is 4.76. The average molecular weight is 346 g/mol. The SMILES string of the molecule is CCCC[C@H](N)C(=O)NC1C(=O)N(C)c2ccccc2NC1C(C)C. The summed E-state index contributed by atoms with van der Waals surface area (Å²) < 4.78 is 0. The molecule has 1 aliphatic rings. The largest absolute Gasteiger partial charge is 0.378 e. The minimum Gasteiger partial charge on any atom is -0.378 e. The number of nitrogens with two attached hydrogens (primary N) is 1. The maximum Gasteiger partial charge on any atom is 0.251 e. The van der Waals surface area contributed by atoms with Crippen molar-refractivity contribution in [3.8, 4) is 0 Å². The van der Waals surface area contributed by atoms with Gasteiger partial charge in [0.05, 0.1) is 23.5 Å². The number of nitrogens with one attached hydrogen (secondary N) is 2. The summed E-state index contributed by atoms with van der Waals surface area (Å²) in [6.45, 7) is 6.13. The molecule has 0 spiro atoms. The molecule has 1 heterocycles. The Morgan fingerprint density at radius 1 is 1.36 bits per heavy atom. The lowest BCUT2D eigenvalue weighted by molar-refractivity contribution is -0.128. The van der Waals surface area contributed by atoms with Crippen LogP contribution in [0.15, 0.2) is 24.3 Å². The highest BCUT2D eigenvalue weighted by atomic mass is 16.2. The van der Waals surface area contributed by atoms with E-state index < -0.39 is 12.1 Å². The zero-order valence-electron chi connectivity index (χ0n) is 15.6. The Hall–Kier alpha value is -2.08. The highest BCUT2D eigenvalue weighted by Gasteiger charge is 2.38. The van der Waals surface area contributed by atoms with Crippen LogP contribution in [0.25, 0.3) is 0 Å². The molecule has 2 unspecified atom stereocenters. The second kappa shape index (κ2) is 8.34. The molecule has 1 aliphatic heterocycles. The number of anilines is 2. The number of likely N-dealkylation sites (N-methyl/N-ethyl adjacent to an activating group) is 1. The number of unbranched alkanes of at least 4 members (excludes halogenated alkanes) is 1. The molecule has 0 saturated carbocycles. The van der Waals surface area contributed by atoms with Gasteiger partial charge in [-0.1, -0.05) is 45.7 Å². The van der Waals surface area contributed by atoms with E-state index in [9.17, 15) is 9.59 Å². The molecule has 2 amide bonds. The fourth-order valence-corrected chi connectivity index (χ4v) is 3.15. The number of para-hydroxylation sites is 2. The maximum atomic E-state index is 13.0. The number of nitrogens with zero attached hydrogens (tertiary/aromatic N) is 1. The summed E-state index contributed by atoms with van der Waals surface area (Å²) in [6, 6.07) is 6.23. The van der Waals surface area contributed by atoms with E-state index >= 15 is 0 Å². The Labute approximate surface area is 150 Å². The molecule has 0 saturated heterocycles. The lowest BCUT2D eigenvalue weighted by Gasteiger charge is -2.30. The second-order valence-electron chi connectivity index (χ2n) is 7.06. The molecule has 2 rings (SSSR count). The summed E-state index contributed by atoms with van der Waals surface area (Å²) in [6.07, 6.45) is 2.50. The number of fused-ring (bicyclic) bond motifs is 1. The van der Waals surface area contributed by atoms with Crippen molar-refractivity contribution in [2.24, 2.45) is 11.7 Å². The van der Waals surface area contributed by atoms with E-state index in [-0.39, 0.29) is 23.8 Å². The summed E-state index contributed by atoms with van der Waals surface area (Å²) in [5.41, 5.74) is 7.69. The van der Waals surface area contributed by atoms with E-state index in [1.54, 1.807) is 11.9 Å². The molecule has 25 heavy (non-hydrogen) atoms.